The van der Waals surface area contributed by atoms with E-state index < -0.39 is 30.2 Å². The second kappa shape index (κ2) is 19.5. The molecule has 3 aromatic carbocycles. The molecule has 3 aromatic rings. The van der Waals surface area contributed by atoms with Crippen LogP contribution in [0.15, 0.2) is 79.4 Å². The van der Waals surface area contributed by atoms with Crippen LogP contribution in [0.2, 0.25) is 0 Å². The maximum absolute atomic E-state index is 12.7. The molecule has 0 unspecified atom stereocenters. The summed E-state index contributed by atoms with van der Waals surface area (Å²) in [5.74, 6) is -1.86. The molecule has 13 heteroatoms. The smallest absolute Gasteiger partial charge is 0.463 e. The first-order valence-electron chi connectivity index (χ1n) is 14.9. The van der Waals surface area contributed by atoms with Crippen molar-refractivity contribution in [2.75, 3.05) is 19.8 Å². The van der Waals surface area contributed by atoms with Crippen LogP contribution in [-0.2, 0) is 19.0 Å². The lowest BCUT2D eigenvalue weighted by atomic mass is 10.2. The Kier molecular flexibility index (Phi) is 14.8. The second-order valence-corrected chi connectivity index (χ2v) is 9.83. The molecule has 48 heavy (non-hydrogen) atoms. The lowest BCUT2D eigenvalue weighted by Crippen LogP contribution is -2.13. The first-order valence-corrected chi connectivity index (χ1v) is 14.9. The molecule has 13 nitrogen and oxygen atoms in total. The maximum Gasteiger partial charge on any atom is 0.513 e. The van der Waals surface area contributed by atoms with Crippen LogP contribution in [-0.4, -0.2) is 56.3 Å². The van der Waals surface area contributed by atoms with Gasteiger partial charge in [0.15, 0.2) is 6.29 Å². The number of carbonyl (C=O) groups is 6. The van der Waals surface area contributed by atoms with Crippen LogP contribution in [0.1, 0.15) is 70.1 Å². The predicted octanol–water partition coefficient (Wildman–Crippen LogP) is 6.67. The van der Waals surface area contributed by atoms with E-state index >= 15 is 0 Å². The van der Waals surface area contributed by atoms with Crippen LogP contribution in [0.4, 0.5) is 9.59 Å². The van der Waals surface area contributed by atoms with Gasteiger partial charge in [-0.2, -0.15) is 0 Å². The van der Waals surface area contributed by atoms with Crippen molar-refractivity contribution in [3.63, 3.8) is 0 Å². The molecule has 0 aromatic heterocycles. The number of carbonyl (C=O) groups excluding carboxylic acids is 6. The predicted molar refractivity (Wildman–Crippen MR) is 168 cm³/mol. The number of esters is 3. The van der Waals surface area contributed by atoms with Crippen molar-refractivity contribution in [2.24, 2.45) is 0 Å². The molecule has 0 heterocycles. The molecule has 252 valence electrons. The highest BCUT2D eigenvalue weighted by molar-refractivity contribution is 5.94. The fraction of sp³-hybridized carbons (Fsp3) is 0.257. The Hall–Kier alpha value is -5.98. The lowest BCUT2D eigenvalue weighted by molar-refractivity contribution is -0.137. The summed E-state index contributed by atoms with van der Waals surface area (Å²) in [7, 11) is 0. The van der Waals surface area contributed by atoms with Crippen LogP contribution >= 0.6 is 0 Å². The summed E-state index contributed by atoms with van der Waals surface area (Å²) < 4.78 is 35.6. The average Bonchev–Trinajstić information content (AvgIpc) is 3.09. The van der Waals surface area contributed by atoms with Crippen molar-refractivity contribution in [3.05, 3.63) is 96.1 Å². The van der Waals surface area contributed by atoms with Gasteiger partial charge in [-0.05, 0) is 86.0 Å². The zero-order valence-corrected chi connectivity index (χ0v) is 26.2. The van der Waals surface area contributed by atoms with Crippen molar-refractivity contribution in [1.29, 1.82) is 0 Å². The van der Waals surface area contributed by atoms with E-state index in [0.717, 1.165) is 25.3 Å². The number of benzene rings is 3. The molecular formula is C35H34O13. The Morgan fingerprint density at radius 1 is 0.604 bits per heavy atom. The maximum atomic E-state index is 12.7. The highest BCUT2D eigenvalue weighted by Crippen LogP contribution is 2.25. The summed E-state index contributed by atoms with van der Waals surface area (Å²) in [6.45, 7) is 5.79. The molecule has 0 atom stereocenters. The van der Waals surface area contributed by atoms with Gasteiger partial charge in [-0.15, -0.1) is 0 Å². The molecule has 0 spiro atoms. The van der Waals surface area contributed by atoms with Gasteiger partial charge in [-0.25, -0.2) is 24.0 Å². The summed E-state index contributed by atoms with van der Waals surface area (Å²) in [6.07, 6.45) is 3.28. The SMILES string of the molecule is C=CC(=O)OCCCCOC(=O)Oc1ccc(C(=O)Oc2ccc(OC(=O)c3ccc(OC(=O)OCCCCC)cc3)cc2C=O)cc1. The number of hydrogen-bond acceptors (Lipinski definition) is 13. The molecule has 0 radical (unpaired) electrons. The Bertz CT molecular complexity index is 1580. The van der Waals surface area contributed by atoms with Gasteiger partial charge in [0.2, 0.25) is 0 Å². The lowest BCUT2D eigenvalue weighted by Gasteiger charge is -2.10. The van der Waals surface area contributed by atoms with E-state index in [0.29, 0.717) is 19.1 Å². The largest absolute Gasteiger partial charge is 0.513 e. The molecule has 0 saturated heterocycles. The third-order valence-corrected chi connectivity index (χ3v) is 6.24. The fourth-order valence-corrected chi connectivity index (χ4v) is 3.77. The van der Waals surface area contributed by atoms with Gasteiger partial charge >= 0.3 is 30.2 Å². The monoisotopic (exact) mass is 662 g/mol. The highest BCUT2D eigenvalue weighted by Gasteiger charge is 2.16. The average molecular weight is 663 g/mol. The third-order valence-electron chi connectivity index (χ3n) is 6.24. The summed E-state index contributed by atoms with van der Waals surface area (Å²) in [5.41, 5.74) is 0.178. The Morgan fingerprint density at radius 2 is 1.08 bits per heavy atom. The van der Waals surface area contributed by atoms with Crippen LogP contribution in [0.25, 0.3) is 0 Å². The van der Waals surface area contributed by atoms with Crippen LogP contribution in [0.3, 0.4) is 0 Å². The molecule has 3 rings (SSSR count). The van der Waals surface area contributed by atoms with Crippen molar-refractivity contribution >= 4 is 36.5 Å². The van der Waals surface area contributed by atoms with Crippen molar-refractivity contribution in [3.8, 4) is 23.0 Å². The number of ether oxygens (including phenoxy) is 7. The molecule has 0 N–H and O–H groups in total. The quantitative estimate of drug-likeness (QED) is 0.0286. The van der Waals surface area contributed by atoms with Crippen LogP contribution in [0, 0.1) is 0 Å². The minimum atomic E-state index is -0.953. The molecule has 0 saturated carbocycles. The zero-order chi connectivity index (χ0) is 34.7. The van der Waals surface area contributed by atoms with Crippen molar-refractivity contribution in [1.82, 2.24) is 0 Å². The third kappa shape index (κ3) is 12.4. The summed E-state index contributed by atoms with van der Waals surface area (Å²) in [4.78, 5) is 71.7. The van der Waals surface area contributed by atoms with Gasteiger partial charge in [0, 0.05) is 6.08 Å². The Balaban J connectivity index is 1.48. The summed E-state index contributed by atoms with van der Waals surface area (Å²) >= 11 is 0. The molecule has 0 bridgehead atoms. The minimum Gasteiger partial charge on any atom is -0.463 e. The number of aldehydes is 1. The Morgan fingerprint density at radius 3 is 1.58 bits per heavy atom. The zero-order valence-electron chi connectivity index (χ0n) is 26.2. The standard InChI is InChI=1S/C35H34O13/c1-3-5-6-20-43-34(40)46-27-13-9-24(10-14-27)32(38)45-29-17-18-30(26(22-29)23-36)48-33(39)25-11-15-28(16-12-25)47-35(41)44-21-8-7-19-42-31(37)4-2/h4,9-18,22-23H,2-3,5-8,19-21H2,1H3. The van der Waals surface area contributed by atoms with E-state index in [9.17, 15) is 28.8 Å². The van der Waals surface area contributed by atoms with E-state index in [-0.39, 0.29) is 59.5 Å². The molecule has 0 fully saturated rings. The number of hydrogen-bond donors (Lipinski definition) is 0. The topological polar surface area (TPSA) is 167 Å². The van der Waals surface area contributed by atoms with Crippen molar-refractivity contribution in [2.45, 2.75) is 39.0 Å². The summed E-state index contributed by atoms with van der Waals surface area (Å²) in [5, 5.41) is 0. The fourth-order valence-electron chi connectivity index (χ4n) is 3.77. The number of unbranched alkanes of at least 4 members (excludes halogenated alkanes) is 3. The van der Waals surface area contributed by atoms with E-state index in [2.05, 4.69) is 6.58 Å². The van der Waals surface area contributed by atoms with E-state index in [1.165, 1.54) is 66.7 Å². The molecule has 0 amide bonds. The Labute approximate surface area is 276 Å². The van der Waals surface area contributed by atoms with Gasteiger partial charge in [0.25, 0.3) is 0 Å². The number of rotatable bonds is 17. The van der Waals surface area contributed by atoms with Gasteiger partial charge in [-0.1, -0.05) is 26.3 Å². The molecule has 0 aliphatic carbocycles. The summed E-state index contributed by atoms with van der Waals surface area (Å²) in [6, 6.07) is 14.9. The molecular weight excluding hydrogens is 628 g/mol. The normalized spacial score (nSPS) is 10.2. The molecule has 0 aliphatic rings. The van der Waals surface area contributed by atoms with E-state index in [4.69, 9.17) is 33.2 Å². The van der Waals surface area contributed by atoms with Crippen LogP contribution in [0.5, 0.6) is 23.0 Å². The van der Waals surface area contributed by atoms with Crippen molar-refractivity contribution < 1.29 is 61.9 Å². The van der Waals surface area contributed by atoms with Gasteiger partial charge in [0.1, 0.15) is 23.0 Å². The minimum absolute atomic E-state index is 0.0161. The first kappa shape index (κ1) is 36.5. The second-order valence-electron chi connectivity index (χ2n) is 9.83. The molecule has 0 aliphatic heterocycles. The van der Waals surface area contributed by atoms with Gasteiger partial charge in [-0.3, -0.25) is 4.79 Å². The first-order chi connectivity index (χ1) is 23.2. The van der Waals surface area contributed by atoms with E-state index in [1.807, 2.05) is 6.92 Å². The van der Waals surface area contributed by atoms with Gasteiger partial charge < -0.3 is 33.2 Å². The van der Waals surface area contributed by atoms with Gasteiger partial charge in [0.05, 0.1) is 36.5 Å². The highest BCUT2D eigenvalue weighted by atomic mass is 16.7. The van der Waals surface area contributed by atoms with E-state index in [1.54, 1.807) is 0 Å². The van der Waals surface area contributed by atoms with Crippen LogP contribution < -0.4 is 18.9 Å².